The van der Waals surface area contributed by atoms with Crippen LogP contribution in [0.15, 0.2) is 51.4 Å². The summed E-state index contributed by atoms with van der Waals surface area (Å²) in [6.45, 7) is 6.36. The molecule has 0 saturated heterocycles. The van der Waals surface area contributed by atoms with Crippen LogP contribution in [0, 0.1) is 0 Å². The van der Waals surface area contributed by atoms with Crippen LogP contribution >= 0.6 is 27.3 Å². The summed E-state index contributed by atoms with van der Waals surface area (Å²) in [5.41, 5.74) is 12.8. The first-order valence-corrected chi connectivity index (χ1v) is 10.9. The molecule has 164 valence electrons. The van der Waals surface area contributed by atoms with Gasteiger partial charge < -0.3 is 10.5 Å². The lowest BCUT2D eigenvalue weighted by molar-refractivity contribution is 0.0938. The number of nitrogens with one attached hydrogen (secondary N) is 2. The monoisotopic (exact) mass is 516 g/mol. The normalized spacial score (nSPS) is 10.7. The SMILES string of the molecule is C=C(NNC(=O)c1nnn(-c2nonc2N)c1-c1ccc(OCC)cc1)c1ccc(Br)s1. The molecular weight excluding hydrogens is 500 g/mol. The second-order valence-corrected chi connectivity index (χ2v) is 8.75. The fourth-order valence-electron chi connectivity index (χ4n) is 2.79. The van der Waals surface area contributed by atoms with E-state index < -0.39 is 5.91 Å². The second kappa shape index (κ2) is 9.20. The van der Waals surface area contributed by atoms with Gasteiger partial charge in [0.05, 0.1) is 21.0 Å². The lowest BCUT2D eigenvalue weighted by Crippen LogP contribution is -2.36. The van der Waals surface area contributed by atoms with E-state index in [9.17, 15) is 4.79 Å². The van der Waals surface area contributed by atoms with Crippen LogP contribution in [0.25, 0.3) is 22.8 Å². The van der Waals surface area contributed by atoms with Crippen molar-refractivity contribution in [1.29, 1.82) is 0 Å². The maximum absolute atomic E-state index is 13.0. The number of thiophene rings is 1. The van der Waals surface area contributed by atoms with Crippen LogP contribution in [0.4, 0.5) is 5.82 Å². The molecule has 0 aliphatic rings. The molecule has 13 heteroatoms. The number of benzene rings is 1. The molecule has 32 heavy (non-hydrogen) atoms. The van der Waals surface area contributed by atoms with Crippen LogP contribution in [-0.2, 0) is 0 Å². The van der Waals surface area contributed by atoms with Crippen molar-refractivity contribution in [3.63, 3.8) is 0 Å². The van der Waals surface area contributed by atoms with E-state index in [1.165, 1.54) is 16.0 Å². The summed E-state index contributed by atoms with van der Waals surface area (Å²) in [5.74, 6) is 0.265. The van der Waals surface area contributed by atoms with Crippen LogP contribution in [-0.4, -0.2) is 37.8 Å². The molecule has 3 aromatic heterocycles. The van der Waals surface area contributed by atoms with Crippen molar-refractivity contribution in [1.82, 2.24) is 36.2 Å². The first-order valence-electron chi connectivity index (χ1n) is 9.26. The fraction of sp³-hybridized carbons (Fsp3) is 0.105. The van der Waals surface area contributed by atoms with Gasteiger partial charge in [-0.15, -0.1) is 16.4 Å². The molecule has 4 N–H and O–H groups in total. The summed E-state index contributed by atoms with van der Waals surface area (Å²) in [6, 6.07) is 10.9. The van der Waals surface area contributed by atoms with Gasteiger partial charge in [-0.2, -0.15) is 4.68 Å². The molecule has 0 aliphatic heterocycles. The highest BCUT2D eigenvalue weighted by atomic mass is 79.9. The quantitative estimate of drug-likeness (QED) is 0.300. The van der Waals surface area contributed by atoms with Crippen LogP contribution < -0.4 is 21.3 Å². The summed E-state index contributed by atoms with van der Waals surface area (Å²) in [5, 5.41) is 15.4. The Balaban J connectivity index is 1.65. The van der Waals surface area contributed by atoms with E-state index in [-0.39, 0.29) is 17.3 Å². The molecule has 11 nitrogen and oxygen atoms in total. The van der Waals surface area contributed by atoms with E-state index in [1.807, 2.05) is 19.1 Å². The molecule has 0 fully saturated rings. The number of anilines is 1. The fourth-order valence-corrected chi connectivity index (χ4v) is 4.10. The molecule has 0 saturated carbocycles. The predicted molar refractivity (Wildman–Crippen MR) is 122 cm³/mol. The summed E-state index contributed by atoms with van der Waals surface area (Å²) < 4.78 is 12.4. The average molecular weight is 517 g/mol. The number of amides is 1. The predicted octanol–water partition coefficient (Wildman–Crippen LogP) is 3.03. The molecule has 4 aromatic rings. The number of nitrogen functional groups attached to an aromatic ring is 1. The molecule has 0 atom stereocenters. The topological polar surface area (TPSA) is 146 Å². The number of ether oxygens (including phenoxy) is 1. The lowest BCUT2D eigenvalue weighted by Gasteiger charge is -2.10. The van der Waals surface area contributed by atoms with E-state index in [1.54, 1.807) is 24.3 Å². The molecule has 4 rings (SSSR count). The van der Waals surface area contributed by atoms with Gasteiger partial charge in [0.2, 0.25) is 11.6 Å². The summed E-state index contributed by atoms with van der Waals surface area (Å²) >= 11 is 4.87. The number of carbonyl (C=O) groups is 1. The molecule has 0 radical (unpaired) electrons. The van der Waals surface area contributed by atoms with Gasteiger partial charge in [0.1, 0.15) is 11.4 Å². The zero-order valence-corrected chi connectivity index (χ0v) is 19.1. The van der Waals surface area contributed by atoms with Crippen molar-refractivity contribution >= 4 is 44.7 Å². The Morgan fingerprint density at radius 2 is 2.03 bits per heavy atom. The minimum atomic E-state index is -0.535. The third-order valence-electron chi connectivity index (χ3n) is 4.22. The van der Waals surface area contributed by atoms with Gasteiger partial charge in [-0.25, -0.2) is 4.63 Å². The first kappa shape index (κ1) is 21.5. The smallest absolute Gasteiger partial charge is 0.292 e. The number of rotatable bonds is 8. The number of hydrogen-bond acceptors (Lipinski definition) is 10. The van der Waals surface area contributed by atoms with Crippen molar-refractivity contribution in [2.45, 2.75) is 6.92 Å². The minimum absolute atomic E-state index is 0.00354. The van der Waals surface area contributed by atoms with Crippen molar-refractivity contribution in [2.24, 2.45) is 0 Å². The largest absolute Gasteiger partial charge is 0.494 e. The van der Waals surface area contributed by atoms with Gasteiger partial charge >= 0.3 is 0 Å². The zero-order valence-electron chi connectivity index (χ0n) is 16.7. The van der Waals surface area contributed by atoms with Crippen molar-refractivity contribution in [3.05, 3.63) is 57.3 Å². The highest BCUT2D eigenvalue weighted by Crippen LogP contribution is 2.28. The molecular formula is C19H17BrN8O3S. The first-order chi connectivity index (χ1) is 15.5. The van der Waals surface area contributed by atoms with E-state index in [4.69, 9.17) is 10.5 Å². The van der Waals surface area contributed by atoms with Gasteiger partial charge in [0.25, 0.3) is 5.91 Å². The number of nitrogens with two attached hydrogens (primary N) is 1. The Labute approximate surface area is 194 Å². The van der Waals surface area contributed by atoms with Crippen LogP contribution in [0.3, 0.4) is 0 Å². The molecule has 1 aromatic carbocycles. The minimum Gasteiger partial charge on any atom is -0.494 e. The Hall–Kier alpha value is -3.71. The number of nitrogens with zero attached hydrogens (tertiary/aromatic N) is 5. The standard InChI is InChI=1S/C19H17BrN8O3S/c1-3-30-12-6-4-11(5-7-12)16-15(23-27-28(16)18-17(21)25-31-26-18)19(29)24-22-10(2)13-8-9-14(20)32-13/h4-9,22H,2-3H2,1H3,(H2,21,25)(H,24,29). The van der Waals surface area contributed by atoms with E-state index in [0.717, 1.165) is 8.66 Å². The molecule has 0 aliphatic carbocycles. The van der Waals surface area contributed by atoms with Crippen molar-refractivity contribution < 1.29 is 14.2 Å². The Bertz CT molecular complexity index is 1260. The Morgan fingerprint density at radius 3 is 2.66 bits per heavy atom. The van der Waals surface area contributed by atoms with Crippen LogP contribution in [0.5, 0.6) is 5.75 Å². The number of halogens is 1. The summed E-state index contributed by atoms with van der Waals surface area (Å²) in [4.78, 5) is 13.8. The maximum Gasteiger partial charge on any atom is 0.292 e. The summed E-state index contributed by atoms with van der Waals surface area (Å²) in [6.07, 6.45) is 0. The third-order valence-corrected chi connectivity index (χ3v) is 5.90. The highest BCUT2D eigenvalue weighted by molar-refractivity contribution is 9.11. The van der Waals surface area contributed by atoms with Gasteiger partial charge in [0, 0.05) is 5.56 Å². The van der Waals surface area contributed by atoms with Gasteiger partial charge in [-0.1, -0.05) is 11.8 Å². The number of aromatic nitrogens is 5. The van der Waals surface area contributed by atoms with Crippen molar-refractivity contribution in [2.75, 3.05) is 12.3 Å². The van der Waals surface area contributed by atoms with Crippen molar-refractivity contribution in [3.8, 4) is 22.8 Å². The summed E-state index contributed by atoms with van der Waals surface area (Å²) in [7, 11) is 0. The third kappa shape index (κ3) is 4.33. The molecule has 1 amide bonds. The molecule has 0 unspecified atom stereocenters. The number of hydrogen-bond donors (Lipinski definition) is 3. The van der Waals surface area contributed by atoms with Gasteiger partial charge in [-0.3, -0.25) is 15.6 Å². The van der Waals surface area contributed by atoms with E-state index in [2.05, 4.69) is 58.6 Å². The molecule has 0 bridgehead atoms. The zero-order chi connectivity index (χ0) is 22.7. The van der Waals surface area contributed by atoms with Gasteiger partial charge in [0.15, 0.2) is 5.69 Å². The lowest BCUT2D eigenvalue weighted by atomic mass is 10.1. The van der Waals surface area contributed by atoms with Gasteiger partial charge in [-0.05, 0) is 69.6 Å². The number of carbonyl (C=O) groups excluding carboxylic acids is 1. The second-order valence-electron chi connectivity index (χ2n) is 6.29. The van der Waals surface area contributed by atoms with Crippen LogP contribution in [0.2, 0.25) is 0 Å². The highest BCUT2D eigenvalue weighted by Gasteiger charge is 2.25. The van der Waals surface area contributed by atoms with E-state index >= 15 is 0 Å². The Kier molecular flexibility index (Phi) is 6.18. The maximum atomic E-state index is 13.0. The Morgan fingerprint density at radius 1 is 1.25 bits per heavy atom. The van der Waals surface area contributed by atoms with E-state index in [0.29, 0.717) is 29.3 Å². The van der Waals surface area contributed by atoms with Crippen LogP contribution in [0.1, 0.15) is 22.3 Å². The number of hydrazine groups is 1. The molecule has 3 heterocycles. The molecule has 0 spiro atoms. The average Bonchev–Trinajstić information content (AvgIpc) is 3.52.